The standard InChI is InChI=1S/C32H39N5O3/c1-7-40-27-18-16-26(17-19-27)37-30(34-29-11-9-8-10-28(29)31(37)38)23(4)36(21-20-35(5)6)32(39)33-25-14-12-24(13-15-25)22(2)3/h8-19,22-23H,7,20-21H2,1-6H3,(H,33,39). The molecule has 4 rings (SSSR count). The molecule has 1 aromatic heterocycles. The largest absolute Gasteiger partial charge is 0.494 e. The second-order valence-corrected chi connectivity index (χ2v) is 10.4. The first-order valence-electron chi connectivity index (χ1n) is 13.8. The molecule has 0 fully saturated rings. The van der Waals surface area contributed by atoms with Crippen LogP contribution in [0.25, 0.3) is 16.6 Å². The number of hydrogen-bond donors (Lipinski definition) is 1. The van der Waals surface area contributed by atoms with Gasteiger partial charge in [0.05, 0.1) is 29.2 Å². The van der Waals surface area contributed by atoms with E-state index in [9.17, 15) is 9.59 Å². The Morgan fingerprint density at radius 1 is 0.950 bits per heavy atom. The van der Waals surface area contributed by atoms with Gasteiger partial charge in [0.25, 0.3) is 5.56 Å². The molecule has 8 heteroatoms. The smallest absolute Gasteiger partial charge is 0.322 e. The lowest BCUT2D eigenvalue weighted by molar-refractivity contribution is 0.181. The van der Waals surface area contributed by atoms with E-state index >= 15 is 0 Å². The number of hydrogen-bond acceptors (Lipinski definition) is 5. The second-order valence-electron chi connectivity index (χ2n) is 10.4. The highest BCUT2D eigenvalue weighted by Crippen LogP contribution is 2.25. The molecule has 0 aliphatic rings. The van der Waals surface area contributed by atoms with Crippen molar-refractivity contribution in [3.8, 4) is 11.4 Å². The lowest BCUT2D eigenvalue weighted by Gasteiger charge is -2.31. The quantitative estimate of drug-likeness (QED) is 0.264. The van der Waals surface area contributed by atoms with E-state index in [0.717, 1.165) is 5.75 Å². The molecule has 210 valence electrons. The number of likely N-dealkylation sites (N-methyl/N-ethyl adjacent to an activating group) is 1. The Balaban J connectivity index is 1.77. The third kappa shape index (κ3) is 6.51. The molecule has 2 amide bonds. The first-order valence-corrected chi connectivity index (χ1v) is 13.8. The van der Waals surface area contributed by atoms with Gasteiger partial charge in [-0.25, -0.2) is 9.78 Å². The minimum absolute atomic E-state index is 0.186. The molecule has 8 nitrogen and oxygen atoms in total. The molecule has 4 aromatic rings. The Labute approximate surface area is 236 Å². The third-order valence-corrected chi connectivity index (χ3v) is 6.93. The van der Waals surface area contributed by atoms with Crippen LogP contribution >= 0.6 is 0 Å². The fraction of sp³-hybridized carbons (Fsp3) is 0.344. The van der Waals surface area contributed by atoms with Crippen molar-refractivity contribution in [3.05, 3.63) is 94.5 Å². The average molecular weight is 542 g/mol. The summed E-state index contributed by atoms with van der Waals surface area (Å²) < 4.78 is 7.21. The van der Waals surface area contributed by atoms with E-state index in [1.54, 1.807) is 15.5 Å². The predicted molar refractivity (Wildman–Crippen MR) is 162 cm³/mol. The zero-order valence-electron chi connectivity index (χ0n) is 24.2. The molecule has 0 radical (unpaired) electrons. The van der Waals surface area contributed by atoms with Crippen molar-refractivity contribution in [2.45, 2.75) is 39.7 Å². The van der Waals surface area contributed by atoms with E-state index in [2.05, 4.69) is 19.2 Å². The number of para-hydroxylation sites is 1. The molecule has 0 saturated heterocycles. The number of aromatic nitrogens is 2. The van der Waals surface area contributed by atoms with Crippen LogP contribution < -0.4 is 15.6 Å². The van der Waals surface area contributed by atoms with Crippen molar-refractivity contribution in [1.82, 2.24) is 19.4 Å². The third-order valence-electron chi connectivity index (χ3n) is 6.93. The van der Waals surface area contributed by atoms with Gasteiger partial charge in [0, 0.05) is 18.8 Å². The predicted octanol–water partition coefficient (Wildman–Crippen LogP) is 6.06. The van der Waals surface area contributed by atoms with Crippen LogP contribution in [0.1, 0.15) is 51.0 Å². The van der Waals surface area contributed by atoms with Gasteiger partial charge in [-0.3, -0.25) is 9.36 Å². The summed E-state index contributed by atoms with van der Waals surface area (Å²) in [6.45, 7) is 9.75. The summed E-state index contributed by atoms with van der Waals surface area (Å²) in [6.07, 6.45) is 0. The lowest BCUT2D eigenvalue weighted by atomic mass is 10.0. The summed E-state index contributed by atoms with van der Waals surface area (Å²) in [5.41, 5.74) is 2.98. The van der Waals surface area contributed by atoms with Crippen molar-refractivity contribution < 1.29 is 9.53 Å². The molecule has 1 heterocycles. The topological polar surface area (TPSA) is 79.7 Å². The highest BCUT2D eigenvalue weighted by atomic mass is 16.5. The number of rotatable bonds is 10. The number of nitrogens with zero attached hydrogens (tertiary/aromatic N) is 4. The average Bonchev–Trinajstić information content (AvgIpc) is 2.94. The van der Waals surface area contributed by atoms with Crippen molar-refractivity contribution in [2.24, 2.45) is 0 Å². The monoisotopic (exact) mass is 541 g/mol. The molecule has 40 heavy (non-hydrogen) atoms. The molecule has 0 spiro atoms. The molecule has 0 aliphatic carbocycles. The zero-order chi connectivity index (χ0) is 28.8. The van der Waals surface area contributed by atoms with E-state index < -0.39 is 6.04 Å². The lowest BCUT2D eigenvalue weighted by Crippen LogP contribution is -2.43. The Hall–Kier alpha value is -4.17. The molecule has 0 saturated carbocycles. The van der Waals surface area contributed by atoms with E-state index in [1.165, 1.54) is 5.56 Å². The number of benzene rings is 3. The van der Waals surface area contributed by atoms with Crippen molar-refractivity contribution in [1.29, 1.82) is 0 Å². The van der Waals surface area contributed by atoms with E-state index in [4.69, 9.17) is 9.72 Å². The number of carbonyl (C=O) groups excluding carboxylic acids is 1. The van der Waals surface area contributed by atoms with Crippen molar-refractivity contribution in [3.63, 3.8) is 0 Å². The second kappa shape index (κ2) is 12.8. The van der Waals surface area contributed by atoms with Crippen LogP contribution in [0.5, 0.6) is 5.75 Å². The molecule has 1 unspecified atom stereocenters. The highest BCUT2D eigenvalue weighted by Gasteiger charge is 2.27. The van der Waals surface area contributed by atoms with Gasteiger partial charge in [0.2, 0.25) is 0 Å². The summed E-state index contributed by atoms with van der Waals surface area (Å²) in [7, 11) is 3.94. The van der Waals surface area contributed by atoms with Gasteiger partial charge in [-0.05, 0) is 88.0 Å². The number of ether oxygens (including phenoxy) is 1. The number of amides is 2. The number of nitrogens with one attached hydrogen (secondary N) is 1. The zero-order valence-corrected chi connectivity index (χ0v) is 24.2. The van der Waals surface area contributed by atoms with Gasteiger partial charge >= 0.3 is 6.03 Å². The normalized spacial score (nSPS) is 12.1. The van der Waals surface area contributed by atoms with Gasteiger partial charge in [-0.1, -0.05) is 38.1 Å². The Morgan fingerprint density at radius 2 is 1.62 bits per heavy atom. The minimum atomic E-state index is -0.515. The van der Waals surface area contributed by atoms with Gasteiger partial charge < -0.3 is 19.9 Å². The molecule has 3 aromatic carbocycles. The number of urea groups is 1. The summed E-state index contributed by atoms with van der Waals surface area (Å²) in [6, 6.07) is 21.8. The Morgan fingerprint density at radius 3 is 2.25 bits per heavy atom. The molecule has 1 N–H and O–H groups in total. The van der Waals surface area contributed by atoms with Gasteiger partial charge in [0.1, 0.15) is 11.6 Å². The Bertz CT molecular complexity index is 1490. The van der Waals surface area contributed by atoms with Gasteiger partial charge in [0.15, 0.2) is 0 Å². The molecule has 0 aliphatic heterocycles. The van der Waals surface area contributed by atoms with Crippen molar-refractivity contribution in [2.75, 3.05) is 39.1 Å². The molecule has 1 atom stereocenters. The maximum Gasteiger partial charge on any atom is 0.322 e. The van der Waals surface area contributed by atoms with Crippen LogP contribution in [0.3, 0.4) is 0 Å². The van der Waals surface area contributed by atoms with Crippen molar-refractivity contribution >= 4 is 22.6 Å². The number of fused-ring (bicyclic) bond motifs is 1. The van der Waals surface area contributed by atoms with Crippen LogP contribution in [0.4, 0.5) is 10.5 Å². The molecular weight excluding hydrogens is 502 g/mol. The summed E-state index contributed by atoms with van der Waals surface area (Å²) in [4.78, 5) is 36.3. The highest BCUT2D eigenvalue weighted by molar-refractivity contribution is 5.89. The molecular formula is C32H39N5O3. The first kappa shape index (κ1) is 28.8. The van der Waals surface area contributed by atoms with Crippen LogP contribution in [0, 0.1) is 0 Å². The van der Waals surface area contributed by atoms with E-state index in [1.807, 2.05) is 99.6 Å². The van der Waals surface area contributed by atoms with Gasteiger partial charge in [-0.2, -0.15) is 0 Å². The maximum absolute atomic E-state index is 13.9. The van der Waals surface area contributed by atoms with Gasteiger partial charge in [-0.15, -0.1) is 0 Å². The Kier molecular flexibility index (Phi) is 9.22. The fourth-order valence-electron chi connectivity index (χ4n) is 4.60. The SMILES string of the molecule is CCOc1ccc(-n2c(C(C)N(CCN(C)C)C(=O)Nc3ccc(C(C)C)cc3)nc3ccccc3c2=O)cc1. The number of carbonyl (C=O) groups is 1. The first-order chi connectivity index (χ1) is 19.2. The van der Waals surface area contributed by atoms with Crippen LogP contribution in [-0.4, -0.2) is 59.2 Å². The fourth-order valence-corrected chi connectivity index (χ4v) is 4.60. The maximum atomic E-state index is 13.9. The van der Waals surface area contributed by atoms with E-state index in [0.29, 0.717) is 53.7 Å². The summed E-state index contributed by atoms with van der Waals surface area (Å²) in [5, 5.41) is 3.57. The van der Waals surface area contributed by atoms with E-state index in [-0.39, 0.29) is 11.6 Å². The minimum Gasteiger partial charge on any atom is -0.494 e. The van der Waals surface area contributed by atoms with Crippen LogP contribution in [0.2, 0.25) is 0 Å². The van der Waals surface area contributed by atoms with Crippen LogP contribution in [-0.2, 0) is 0 Å². The van der Waals surface area contributed by atoms with Crippen LogP contribution in [0.15, 0.2) is 77.6 Å². The number of anilines is 1. The molecule has 0 bridgehead atoms. The summed E-state index contributed by atoms with van der Waals surface area (Å²) >= 11 is 0. The summed E-state index contributed by atoms with van der Waals surface area (Å²) in [5.74, 6) is 1.61.